The molecular formula is C10H19N3O6. The number of hydrogen-bond acceptors (Lipinski definition) is 5. The van der Waals surface area contributed by atoms with Crippen LogP contribution in [0.2, 0.25) is 0 Å². The summed E-state index contributed by atoms with van der Waals surface area (Å²) in [6.45, 7) is 0.0339. The molecule has 0 aliphatic heterocycles. The summed E-state index contributed by atoms with van der Waals surface area (Å²) in [4.78, 5) is 33.2. The molecular weight excluding hydrogens is 258 g/mol. The zero-order valence-corrected chi connectivity index (χ0v) is 10.6. The number of hydrogen-bond donors (Lipinski definition) is 5. The number of carbonyl (C=O) groups excluding carboxylic acids is 2. The van der Waals surface area contributed by atoms with Crippen LogP contribution < -0.4 is 16.0 Å². The van der Waals surface area contributed by atoms with E-state index in [9.17, 15) is 14.4 Å². The van der Waals surface area contributed by atoms with Crippen molar-refractivity contribution >= 4 is 17.9 Å². The SMILES string of the molecule is COCCNC(=O)CNC(=O)NC(CCO)C(=O)O. The molecule has 0 spiro atoms. The first-order chi connectivity index (χ1) is 9.01. The quantitative estimate of drug-likeness (QED) is 0.306. The van der Waals surface area contributed by atoms with Gasteiger partial charge in [0.15, 0.2) is 0 Å². The lowest BCUT2D eigenvalue weighted by Crippen LogP contribution is -2.48. The molecule has 0 heterocycles. The van der Waals surface area contributed by atoms with Crippen LogP contribution in [0.1, 0.15) is 6.42 Å². The van der Waals surface area contributed by atoms with Crippen molar-refractivity contribution in [3.05, 3.63) is 0 Å². The minimum absolute atomic E-state index is 0.108. The lowest BCUT2D eigenvalue weighted by Gasteiger charge is -2.13. The minimum Gasteiger partial charge on any atom is -0.480 e. The number of aliphatic hydroxyl groups is 1. The van der Waals surface area contributed by atoms with Crippen molar-refractivity contribution < 1.29 is 29.3 Å². The largest absolute Gasteiger partial charge is 0.480 e. The van der Waals surface area contributed by atoms with Crippen LogP contribution in [0.4, 0.5) is 4.79 Å². The molecule has 0 saturated heterocycles. The number of ether oxygens (including phenoxy) is 1. The first kappa shape index (κ1) is 17.1. The maximum Gasteiger partial charge on any atom is 0.326 e. The highest BCUT2D eigenvalue weighted by Crippen LogP contribution is 1.90. The van der Waals surface area contributed by atoms with Gasteiger partial charge < -0.3 is 30.9 Å². The molecule has 110 valence electrons. The topological polar surface area (TPSA) is 137 Å². The molecule has 0 aromatic rings. The molecule has 0 aromatic heterocycles. The van der Waals surface area contributed by atoms with Crippen molar-refractivity contribution in [2.45, 2.75) is 12.5 Å². The van der Waals surface area contributed by atoms with Gasteiger partial charge in [0.2, 0.25) is 5.91 Å². The third-order valence-electron chi connectivity index (χ3n) is 2.06. The van der Waals surface area contributed by atoms with Crippen LogP contribution in [0.5, 0.6) is 0 Å². The number of carbonyl (C=O) groups is 3. The first-order valence-electron chi connectivity index (χ1n) is 5.65. The van der Waals surface area contributed by atoms with E-state index in [1.807, 2.05) is 0 Å². The Morgan fingerprint density at radius 1 is 1.26 bits per heavy atom. The summed E-state index contributed by atoms with van der Waals surface area (Å²) >= 11 is 0. The number of aliphatic carboxylic acids is 1. The Morgan fingerprint density at radius 3 is 2.47 bits per heavy atom. The summed E-state index contributed by atoms with van der Waals surface area (Å²) in [5.74, 6) is -1.67. The Morgan fingerprint density at radius 2 is 1.95 bits per heavy atom. The van der Waals surface area contributed by atoms with Gasteiger partial charge in [0.1, 0.15) is 6.04 Å². The summed E-state index contributed by atoms with van der Waals surface area (Å²) in [6, 6.07) is -1.98. The lowest BCUT2D eigenvalue weighted by molar-refractivity contribution is -0.139. The fourth-order valence-electron chi connectivity index (χ4n) is 1.11. The lowest BCUT2D eigenvalue weighted by atomic mass is 10.2. The van der Waals surface area contributed by atoms with Crippen LogP contribution >= 0.6 is 0 Å². The molecule has 0 rings (SSSR count). The molecule has 5 N–H and O–H groups in total. The number of carboxylic acid groups (broad SMARTS) is 1. The molecule has 0 saturated carbocycles. The van der Waals surface area contributed by atoms with Crippen LogP contribution in [0.3, 0.4) is 0 Å². The molecule has 0 aliphatic carbocycles. The smallest absolute Gasteiger partial charge is 0.326 e. The number of urea groups is 1. The predicted molar refractivity (Wildman–Crippen MR) is 64.5 cm³/mol. The third-order valence-corrected chi connectivity index (χ3v) is 2.06. The maximum absolute atomic E-state index is 11.3. The van der Waals surface area contributed by atoms with Gasteiger partial charge in [0.25, 0.3) is 0 Å². The van der Waals surface area contributed by atoms with Gasteiger partial charge >= 0.3 is 12.0 Å². The standard InChI is InChI=1S/C10H19N3O6/c1-19-5-3-11-8(15)6-12-10(18)13-7(2-4-14)9(16)17/h7,14H,2-6H2,1H3,(H,11,15)(H,16,17)(H2,12,13,18). The monoisotopic (exact) mass is 277 g/mol. The average molecular weight is 277 g/mol. The summed E-state index contributed by atoms with van der Waals surface area (Å²) in [6.07, 6.45) is -0.108. The Labute approximate surface area is 110 Å². The van der Waals surface area contributed by atoms with Crippen molar-refractivity contribution in [1.29, 1.82) is 0 Å². The van der Waals surface area contributed by atoms with E-state index in [1.165, 1.54) is 7.11 Å². The molecule has 9 heteroatoms. The summed E-state index contributed by atoms with van der Waals surface area (Å²) in [5, 5.41) is 24.2. The van der Waals surface area contributed by atoms with Gasteiger partial charge in [-0.25, -0.2) is 9.59 Å². The maximum atomic E-state index is 11.3. The van der Waals surface area contributed by atoms with E-state index in [2.05, 4.69) is 16.0 Å². The van der Waals surface area contributed by atoms with E-state index in [0.29, 0.717) is 13.2 Å². The van der Waals surface area contributed by atoms with E-state index >= 15 is 0 Å². The van der Waals surface area contributed by atoms with Crippen molar-refractivity contribution in [2.75, 3.05) is 33.4 Å². The molecule has 0 aliphatic rings. The van der Waals surface area contributed by atoms with Gasteiger partial charge in [0, 0.05) is 26.7 Å². The molecule has 1 atom stereocenters. The third kappa shape index (κ3) is 8.80. The zero-order valence-electron chi connectivity index (χ0n) is 10.6. The van der Waals surface area contributed by atoms with Crippen LogP contribution in [0.15, 0.2) is 0 Å². The number of carboxylic acids is 1. The first-order valence-corrected chi connectivity index (χ1v) is 5.65. The predicted octanol–water partition coefficient (Wildman–Crippen LogP) is -2.12. The van der Waals surface area contributed by atoms with Gasteiger partial charge in [-0.15, -0.1) is 0 Å². The van der Waals surface area contributed by atoms with Gasteiger partial charge in [0.05, 0.1) is 13.2 Å². The highest BCUT2D eigenvalue weighted by molar-refractivity contribution is 5.86. The molecule has 9 nitrogen and oxygen atoms in total. The number of nitrogens with one attached hydrogen (secondary N) is 3. The highest BCUT2D eigenvalue weighted by atomic mass is 16.5. The number of rotatable bonds is 9. The highest BCUT2D eigenvalue weighted by Gasteiger charge is 2.19. The average Bonchev–Trinajstić information content (AvgIpc) is 2.36. The van der Waals surface area contributed by atoms with Gasteiger partial charge in [-0.1, -0.05) is 0 Å². The Balaban J connectivity index is 3.90. The number of aliphatic hydroxyl groups excluding tert-OH is 1. The van der Waals surface area contributed by atoms with E-state index in [0.717, 1.165) is 0 Å². The zero-order chi connectivity index (χ0) is 14.7. The fraction of sp³-hybridized carbons (Fsp3) is 0.700. The van der Waals surface area contributed by atoms with E-state index < -0.39 is 23.9 Å². The number of methoxy groups -OCH3 is 1. The van der Waals surface area contributed by atoms with Crippen LogP contribution in [-0.2, 0) is 14.3 Å². The molecule has 1 unspecified atom stereocenters. The van der Waals surface area contributed by atoms with Crippen LogP contribution in [-0.4, -0.2) is 67.6 Å². The molecule has 0 fully saturated rings. The van der Waals surface area contributed by atoms with Crippen molar-refractivity contribution in [2.24, 2.45) is 0 Å². The van der Waals surface area contributed by atoms with Crippen molar-refractivity contribution in [3.8, 4) is 0 Å². The van der Waals surface area contributed by atoms with Crippen molar-refractivity contribution in [1.82, 2.24) is 16.0 Å². The molecule has 19 heavy (non-hydrogen) atoms. The van der Waals surface area contributed by atoms with Crippen LogP contribution in [0, 0.1) is 0 Å². The van der Waals surface area contributed by atoms with E-state index in [4.69, 9.17) is 14.9 Å². The Hall–Kier alpha value is -1.87. The molecule has 0 radical (unpaired) electrons. The second-order valence-electron chi connectivity index (χ2n) is 3.57. The second kappa shape index (κ2) is 10.1. The second-order valence-corrected chi connectivity index (χ2v) is 3.57. The Kier molecular flexibility index (Phi) is 9.10. The Bertz CT molecular complexity index is 310. The van der Waals surface area contributed by atoms with Crippen molar-refractivity contribution in [3.63, 3.8) is 0 Å². The van der Waals surface area contributed by atoms with E-state index in [-0.39, 0.29) is 19.6 Å². The molecule has 0 aromatic carbocycles. The number of amides is 3. The van der Waals surface area contributed by atoms with Gasteiger partial charge in [-0.2, -0.15) is 0 Å². The summed E-state index contributed by atoms with van der Waals surface area (Å²) in [7, 11) is 1.49. The van der Waals surface area contributed by atoms with Gasteiger partial charge in [-0.3, -0.25) is 4.79 Å². The van der Waals surface area contributed by atoms with Gasteiger partial charge in [-0.05, 0) is 0 Å². The summed E-state index contributed by atoms with van der Waals surface area (Å²) in [5.41, 5.74) is 0. The normalized spacial score (nSPS) is 11.5. The minimum atomic E-state index is -1.26. The van der Waals surface area contributed by atoms with Crippen LogP contribution in [0.25, 0.3) is 0 Å². The van der Waals surface area contributed by atoms with E-state index in [1.54, 1.807) is 0 Å². The molecule has 3 amide bonds. The molecule has 0 bridgehead atoms. The summed E-state index contributed by atoms with van der Waals surface area (Å²) < 4.78 is 4.72. The fourth-order valence-corrected chi connectivity index (χ4v) is 1.11.